The highest BCUT2D eigenvalue weighted by atomic mass is 16.5. The minimum atomic E-state index is -0.242. The molecule has 1 fully saturated rings. The van der Waals surface area contributed by atoms with E-state index in [0.717, 1.165) is 59.6 Å². The van der Waals surface area contributed by atoms with Crippen molar-refractivity contribution >= 4 is 23.3 Å². The number of rotatable bonds is 7. The van der Waals surface area contributed by atoms with E-state index >= 15 is 0 Å². The highest BCUT2D eigenvalue weighted by molar-refractivity contribution is 6.09. The molecular formula is C38H42N2O3. The first-order valence-electron chi connectivity index (χ1n) is 15.2. The average Bonchev–Trinajstić information content (AvgIpc) is 3.02. The third-order valence-electron chi connectivity index (χ3n) is 8.67. The van der Waals surface area contributed by atoms with Gasteiger partial charge in [-0.15, -0.1) is 0 Å². The van der Waals surface area contributed by atoms with Gasteiger partial charge in [0.2, 0.25) is 0 Å². The fourth-order valence-corrected chi connectivity index (χ4v) is 6.21. The van der Waals surface area contributed by atoms with Crippen LogP contribution in [0.5, 0.6) is 0 Å². The molecular weight excluding hydrogens is 532 g/mol. The van der Waals surface area contributed by atoms with Crippen LogP contribution in [-0.2, 0) is 14.9 Å². The summed E-state index contributed by atoms with van der Waals surface area (Å²) >= 11 is 0. The quantitative estimate of drug-likeness (QED) is 0.225. The summed E-state index contributed by atoms with van der Waals surface area (Å²) in [5.74, 6) is -0.294. The molecule has 5 rings (SSSR count). The van der Waals surface area contributed by atoms with E-state index in [1.165, 1.54) is 12.7 Å². The van der Waals surface area contributed by atoms with Crippen LogP contribution in [-0.4, -0.2) is 32.1 Å². The minimum Gasteiger partial charge on any atom is -0.469 e. The number of amides is 1. The Morgan fingerprint density at radius 3 is 2.09 bits per heavy atom. The molecule has 1 atom stereocenters. The van der Waals surface area contributed by atoms with Crippen molar-refractivity contribution in [1.82, 2.24) is 0 Å². The van der Waals surface area contributed by atoms with Crippen molar-refractivity contribution in [3.05, 3.63) is 119 Å². The van der Waals surface area contributed by atoms with Crippen LogP contribution >= 0.6 is 0 Å². The molecule has 5 heteroatoms. The molecule has 4 aromatic rings. The summed E-state index contributed by atoms with van der Waals surface area (Å²) < 4.78 is 5.18. The predicted octanol–water partition coefficient (Wildman–Crippen LogP) is 8.39. The molecule has 1 N–H and O–H groups in total. The zero-order valence-electron chi connectivity index (χ0n) is 25.9. The molecule has 222 valence electrons. The van der Waals surface area contributed by atoms with Crippen LogP contribution in [0.4, 0.5) is 11.4 Å². The van der Waals surface area contributed by atoms with Crippen molar-refractivity contribution in [3.63, 3.8) is 0 Å². The molecule has 1 aliphatic rings. The van der Waals surface area contributed by atoms with Crippen LogP contribution in [0, 0.1) is 12.8 Å². The molecule has 0 aromatic heterocycles. The Bertz CT molecular complexity index is 1550. The zero-order chi connectivity index (χ0) is 30.6. The van der Waals surface area contributed by atoms with Gasteiger partial charge >= 0.3 is 5.97 Å². The van der Waals surface area contributed by atoms with Gasteiger partial charge in [0.25, 0.3) is 5.91 Å². The van der Waals surface area contributed by atoms with Gasteiger partial charge in [0.05, 0.1) is 13.0 Å². The summed E-state index contributed by atoms with van der Waals surface area (Å²) in [5.41, 5.74) is 7.95. The number of ether oxygens (including phenoxy) is 1. The Morgan fingerprint density at radius 2 is 1.49 bits per heavy atom. The molecule has 1 unspecified atom stereocenters. The second kappa shape index (κ2) is 12.9. The van der Waals surface area contributed by atoms with Crippen molar-refractivity contribution in [2.45, 2.75) is 51.9 Å². The number of hydrogen-bond acceptors (Lipinski definition) is 4. The molecule has 5 nitrogen and oxygen atoms in total. The minimum absolute atomic E-state index is 0.0696. The predicted molar refractivity (Wildman–Crippen MR) is 176 cm³/mol. The number of anilines is 2. The van der Waals surface area contributed by atoms with Gasteiger partial charge < -0.3 is 15.0 Å². The summed E-state index contributed by atoms with van der Waals surface area (Å²) in [6.07, 6.45) is 1.81. The molecule has 1 heterocycles. The lowest BCUT2D eigenvalue weighted by atomic mass is 9.80. The summed E-state index contributed by atoms with van der Waals surface area (Å²) in [7, 11) is 1.47. The summed E-state index contributed by atoms with van der Waals surface area (Å²) in [6.45, 7) is 10.4. The number of carbonyl (C=O) groups is 2. The molecule has 0 bridgehead atoms. The van der Waals surface area contributed by atoms with Crippen molar-refractivity contribution in [2.75, 3.05) is 30.4 Å². The molecule has 1 saturated heterocycles. The number of nitrogens with zero attached hydrogens (tertiary/aromatic N) is 1. The number of methoxy groups -OCH3 is 1. The fraction of sp³-hybridized carbons (Fsp3) is 0.316. The van der Waals surface area contributed by atoms with Gasteiger partial charge in [-0.2, -0.15) is 0 Å². The van der Waals surface area contributed by atoms with E-state index in [4.69, 9.17) is 4.74 Å². The summed E-state index contributed by atoms with van der Waals surface area (Å²) in [4.78, 5) is 28.5. The number of piperidine rings is 1. The number of carbonyl (C=O) groups excluding carboxylic acids is 2. The Kier molecular flexibility index (Phi) is 9.00. The van der Waals surface area contributed by atoms with E-state index in [1.807, 2.05) is 54.6 Å². The van der Waals surface area contributed by atoms with Crippen LogP contribution < -0.4 is 10.2 Å². The summed E-state index contributed by atoms with van der Waals surface area (Å²) in [6, 6.07) is 32.4. The molecule has 0 saturated carbocycles. The maximum Gasteiger partial charge on any atom is 0.313 e. The average molecular weight is 575 g/mol. The number of esters is 1. The van der Waals surface area contributed by atoms with E-state index in [2.05, 4.69) is 80.4 Å². The van der Waals surface area contributed by atoms with Crippen molar-refractivity contribution in [3.8, 4) is 11.1 Å². The van der Waals surface area contributed by atoms with Gasteiger partial charge in [0, 0.05) is 30.0 Å². The third-order valence-corrected chi connectivity index (χ3v) is 8.67. The first kappa shape index (κ1) is 30.1. The number of hydrogen-bond donors (Lipinski definition) is 1. The standard InChI is InChI=1S/C38H42N2O3/c1-26-10-9-13-33(34(26)28-14-16-30(17-15-28)38(2,3)4)36(41)39-31-18-20-32(21-19-31)40-24-22-29(23-25-40)35(37(42)43-5)27-11-7-6-8-12-27/h6-21,29,35H,22-25H2,1-5H3,(H,39,41). The fourth-order valence-electron chi connectivity index (χ4n) is 6.21. The zero-order valence-corrected chi connectivity index (χ0v) is 25.9. The Labute approximate surface area is 255 Å². The van der Waals surface area contributed by atoms with Crippen LogP contribution in [0.3, 0.4) is 0 Å². The highest BCUT2D eigenvalue weighted by Gasteiger charge is 2.33. The second-order valence-electron chi connectivity index (χ2n) is 12.6. The smallest absolute Gasteiger partial charge is 0.313 e. The molecule has 4 aromatic carbocycles. The lowest BCUT2D eigenvalue weighted by Crippen LogP contribution is -2.37. The second-order valence-corrected chi connectivity index (χ2v) is 12.6. The summed E-state index contributed by atoms with van der Waals surface area (Å²) in [5, 5.41) is 3.11. The lowest BCUT2D eigenvalue weighted by Gasteiger charge is -2.36. The van der Waals surface area contributed by atoms with Gasteiger partial charge in [-0.05, 0) is 89.2 Å². The number of benzene rings is 4. The highest BCUT2D eigenvalue weighted by Crippen LogP contribution is 2.36. The number of aryl methyl sites for hydroxylation is 1. The molecule has 43 heavy (non-hydrogen) atoms. The maximum atomic E-state index is 13.5. The lowest BCUT2D eigenvalue weighted by molar-refractivity contribution is -0.144. The normalized spacial score (nSPS) is 14.7. The SMILES string of the molecule is COC(=O)C(c1ccccc1)C1CCN(c2ccc(NC(=O)c3cccc(C)c3-c3ccc(C(C)(C)C)cc3)cc2)CC1. The van der Waals surface area contributed by atoms with E-state index < -0.39 is 0 Å². The van der Waals surface area contributed by atoms with Crippen LogP contribution in [0.25, 0.3) is 11.1 Å². The largest absolute Gasteiger partial charge is 0.469 e. The number of nitrogens with one attached hydrogen (secondary N) is 1. The van der Waals surface area contributed by atoms with Crippen LogP contribution in [0.2, 0.25) is 0 Å². The van der Waals surface area contributed by atoms with Gasteiger partial charge in [-0.25, -0.2) is 0 Å². The van der Waals surface area contributed by atoms with Gasteiger partial charge in [0.1, 0.15) is 0 Å². The molecule has 1 amide bonds. The van der Waals surface area contributed by atoms with Crippen LogP contribution in [0.15, 0.2) is 97.1 Å². The van der Waals surface area contributed by atoms with Crippen molar-refractivity contribution in [2.24, 2.45) is 5.92 Å². The van der Waals surface area contributed by atoms with Gasteiger partial charge in [-0.3, -0.25) is 9.59 Å². The maximum absolute atomic E-state index is 13.5. The van der Waals surface area contributed by atoms with E-state index in [0.29, 0.717) is 5.56 Å². The van der Waals surface area contributed by atoms with Crippen LogP contribution in [0.1, 0.15) is 66.6 Å². The van der Waals surface area contributed by atoms with Gasteiger partial charge in [-0.1, -0.05) is 87.5 Å². The molecule has 1 aliphatic heterocycles. The first-order chi connectivity index (χ1) is 20.7. The van der Waals surface area contributed by atoms with Crippen molar-refractivity contribution in [1.29, 1.82) is 0 Å². The Hall–Kier alpha value is -4.38. The topological polar surface area (TPSA) is 58.6 Å². The van der Waals surface area contributed by atoms with E-state index in [-0.39, 0.29) is 29.1 Å². The molecule has 0 spiro atoms. The Balaban J connectivity index is 1.25. The first-order valence-corrected chi connectivity index (χ1v) is 15.2. The van der Waals surface area contributed by atoms with Gasteiger partial charge in [0.15, 0.2) is 0 Å². The Morgan fingerprint density at radius 1 is 0.837 bits per heavy atom. The van der Waals surface area contributed by atoms with Crippen molar-refractivity contribution < 1.29 is 14.3 Å². The molecule has 0 radical (unpaired) electrons. The van der Waals surface area contributed by atoms with E-state index in [1.54, 1.807) is 0 Å². The van der Waals surface area contributed by atoms with E-state index in [9.17, 15) is 9.59 Å². The third kappa shape index (κ3) is 6.83. The monoisotopic (exact) mass is 574 g/mol. The molecule has 0 aliphatic carbocycles.